The molecule has 0 saturated carbocycles. The minimum atomic E-state index is -0.0256. The highest BCUT2D eigenvalue weighted by molar-refractivity contribution is 5.93. The summed E-state index contributed by atoms with van der Waals surface area (Å²) in [5, 5.41) is 3.94. The summed E-state index contributed by atoms with van der Waals surface area (Å²) in [5.74, 6) is 0.884. The molecule has 4 heteroatoms. The molecule has 0 aliphatic rings. The number of hydrogen-bond donors (Lipinski definition) is 1. The molecule has 1 atom stereocenters. The summed E-state index contributed by atoms with van der Waals surface area (Å²) in [4.78, 5) is 16.7. The maximum Gasteiger partial charge on any atom is 0.225 e. The summed E-state index contributed by atoms with van der Waals surface area (Å²) in [6, 6.07) is 17.6. The Hall–Kier alpha value is -2.88. The lowest BCUT2D eigenvalue weighted by Gasteiger charge is -2.13. The Morgan fingerprint density at radius 2 is 2.00 bits per heavy atom. The molecular formula is C20H20N2O2. The van der Waals surface area contributed by atoms with Crippen molar-refractivity contribution in [3.8, 4) is 5.75 Å². The number of methoxy groups -OCH3 is 1. The lowest BCUT2D eigenvalue weighted by molar-refractivity contribution is -0.116. The number of carbonyl (C=O) groups excluding carboxylic acids is 1. The van der Waals surface area contributed by atoms with Gasteiger partial charge in [-0.15, -0.1) is 0 Å². The van der Waals surface area contributed by atoms with Crippen LogP contribution < -0.4 is 10.1 Å². The third kappa shape index (κ3) is 3.71. The van der Waals surface area contributed by atoms with E-state index in [-0.39, 0.29) is 11.8 Å². The Balaban J connectivity index is 1.67. The molecule has 0 radical (unpaired) electrons. The number of hydrogen-bond acceptors (Lipinski definition) is 3. The van der Waals surface area contributed by atoms with E-state index in [0.717, 1.165) is 27.9 Å². The second kappa shape index (κ2) is 7.13. The molecule has 122 valence electrons. The summed E-state index contributed by atoms with van der Waals surface area (Å²) in [7, 11) is 1.64. The molecule has 3 aromatic rings. The number of ether oxygens (including phenoxy) is 1. The van der Waals surface area contributed by atoms with Crippen molar-refractivity contribution in [1.82, 2.24) is 4.98 Å². The maximum absolute atomic E-state index is 12.3. The summed E-state index contributed by atoms with van der Waals surface area (Å²) in [6.45, 7) is 2.03. The average Bonchev–Trinajstić information content (AvgIpc) is 2.61. The van der Waals surface area contributed by atoms with Gasteiger partial charge in [-0.2, -0.15) is 0 Å². The number of nitrogens with zero attached hydrogens (tertiary/aromatic N) is 1. The summed E-state index contributed by atoms with van der Waals surface area (Å²) in [6.07, 6.45) is 2.09. The number of aromatic nitrogens is 1. The van der Waals surface area contributed by atoms with Crippen LogP contribution >= 0.6 is 0 Å². The zero-order valence-electron chi connectivity index (χ0n) is 13.8. The van der Waals surface area contributed by atoms with E-state index in [1.54, 1.807) is 13.3 Å². The van der Waals surface area contributed by atoms with Crippen LogP contribution in [-0.2, 0) is 4.79 Å². The molecule has 3 rings (SSSR count). The van der Waals surface area contributed by atoms with E-state index >= 15 is 0 Å². The highest BCUT2D eigenvalue weighted by Crippen LogP contribution is 2.24. The van der Waals surface area contributed by atoms with Crippen molar-refractivity contribution in [3.63, 3.8) is 0 Å². The van der Waals surface area contributed by atoms with Gasteiger partial charge in [0.2, 0.25) is 5.91 Å². The Morgan fingerprint density at radius 3 is 2.83 bits per heavy atom. The van der Waals surface area contributed by atoms with Gasteiger partial charge in [0, 0.05) is 11.8 Å². The van der Waals surface area contributed by atoms with Crippen LogP contribution in [0, 0.1) is 0 Å². The fraction of sp³-hybridized carbons (Fsp3) is 0.200. The molecule has 0 aliphatic carbocycles. The van der Waals surface area contributed by atoms with Crippen molar-refractivity contribution in [3.05, 3.63) is 66.4 Å². The summed E-state index contributed by atoms with van der Waals surface area (Å²) < 4.78 is 5.24. The first kappa shape index (κ1) is 16.0. The zero-order valence-corrected chi connectivity index (χ0v) is 13.8. The van der Waals surface area contributed by atoms with Crippen molar-refractivity contribution in [2.45, 2.75) is 19.3 Å². The topological polar surface area (TPSA) is 51.2 Å². The third-order valence-electron chi connectivity index (χ3n) is 4.03. The molecule has 24 heavy (non-hydrogen) atoms. The zero-order chi connectivity index (χ0) is 16.9. The van der Waals surface area contributed by atoms with Crippen LogP contribution in [-0.4, -0.2) is 18.0 Å². The van der Waals surface area contributed by atoms with E-state index in [1.165, 1.54) is 0 Å². The van der Waals surface area contributed by atoms with Gasteiger partial charge in [-0.25, -0.2) is 0 Å². The van der Waals surface area contributed by atoms with Crippen molar-refractivity contribution in [2.75, 3.05) is 12.4 Å². The van der Waals surface area contributed by atoms with Gasteiger partial charge in [0.25, 0.3) is 0 Å². The molecule has 0 spiro atoms. The smallest absolute Gasteiger partial charge is 0.225 e. The van der Waals surface area contributed by atoms with Crippen molar-refractivity contribution in [2.24, 2.45) is 0 Å². The highest BCUT2D eigenvalue weighted by atomic mass is 16.5. The molecule has 1 unspecified atom stereocenters. The molecule has 0 saturated heterocycles. The SMILES string of the molecule is COc1cccc(C(C)CC(=O)Nc2cnc3ccccc3c2)c1. The number of carbonyl (C=O) groups is 1. The van der Waals surface area contributed by atoms with Crippen LogP contribution in [0.4, 0.5) is 5.69 Å². The molecule has 0 aliphatic heterocycles. The number of amides is 1. The standard InChI is InChI=1S/C20H20N2O2/c1-14(15-7-5-8-18(12-15)24-2)10-20(23)22-17-11-16-6-3-4-9-19(16)21-13-17/h3-9,11-14H,10H2,1-2H3,(H,22,23). The second-order valence-electron chi connectivity index (χ2n) is 5.85. The molecular weight excluding hydrogens is 300 g/mol. The molecule has 0 fully saturated rings. The van der Waals surface area contributed by atoms with Crippen LogP contribution in [0.5, 0.6) is 5.75 Å². The predicted molar refractivity (Wildman–Crippen MR) is 96.4 cm³/mol. The molecule has 2 aromatic carbocycles. The van der Waals surface area contributed by atoms with Crippen LogP contribution in [0.1, 0.15) is 24.8 Å². The Morgan fingerprint density at radius 1 is 1.17 bits per heavy atom. The van der Waals surface area contributed by atoms with Gasteiger partial charge in [0.1, 0.15) is 5.75 Å². The molecule has 1 amide bonds. The quantitative estimate of drug-likeness (QED) is 0.759. The average molecular weight is 320 g/mol. The molecule has 0 bridgehead atoms. The minimum Gasteiger partial charge on any atom is -0.497 e. The van der Waals surface area contributed by atoms with E-state index in [1.807, 2.05) is 61.5 Å². The fourth-order valence-electron chi connectivity index (χ4n) is 2.70. The van der Waals surface area contributed by atoms with Gasteiger partial charge in [0.15, 0.2) is 0 Å². The van der Waals surface area contributed by atoms with Crippen molar-refractivity contribution >= 4 is 22.5 Å². The molecule has 4 nitrogen and oxygen atoms in total. The molecule has 1 aromatic heterocycles. The minimum absolute atomic E-state index is 0.0256. The number of fused-ring (bicyclic) bond motifs is 1. The van der Waals surface area contributed by atoms with Crippen LogP contribution in [0.2, 0.25) is 0 Å². The van der Waals surface area contributed by atoms with E-state index in [9.17, 15) is 4.79 Å². The maximum atomic E-state index is 12.3. The second-order valence-corrected chi connectivity index (χ2v) is 5.85. The lowest BCUT2D eigenvalue weighted by Crippen LogP contribution is -2.14. The summed E-state index contributed by atoms with van der Waals surface area (Å²) in [5.41, 5.74) is 2.72. The monoisotopic (exact) mass is 320 g/mol. The first-order valence-electron chi connectivity index (χ1n) is 7.94. The number of pyridine rings is 1. The number of benzene rings is 2. The van der Waals surface area contributed by atoms with Gasteiger partial charge in [-0.1, -0.05) is 37.3 Å². The van der Waals surface area contributed by atoms with Gasteiger partial charge in [0.05, 0.1) is 24.5 Å². The Labute approximate surface area is 141 Å². The van der Waals surface area contributed by atoms with E-state index in [2.05, 4.69) is 10.3 Å². The van der Waals surface area contributed by atoms with E-state index < -0.39 is 0 Å². The summed E-state index contributed by atoms with van der Waals surface area (Å²) >= 11 is 0. The number of nitrogens with one attached hydrogen (secondary N) is 1. The molecule has 1 heterocycles. The van der Waals surface area contributed by atoms with Gasteiger partial charge < -0.3 is 10.1 Å². The van der Waals surface area contributed by atoms with Crippen molar-refractivity contribution < 1.29 is 9.53 Å². The lowest BCUT2D eigenvalue weighted by atomic mass is 9.97. The van der Waals surface area contributed by atoms with Crippen LogP contribution in [0.3, 0.4) is 0 Å². The largest absolute Gasteiger partial charge is 0.497 e. The highest BCUT2D eigenvalue weighted by Gasteiger charge is 2.12. The third-order valence-corrected chi connectivity index (χ3v) is 4.03. The van der Waals surface area contributed by atoms with Gasteiger partial charge >= 0.3 is 0 Å². The van der Waals surface area contributed by atoms with Crippen LogP contribution in [0.15, 0.2) is 60.8 Å². The van der Waals surface area contributed by atoms with E-state index in [0.29, 0.717) is 6.42 Å². The Bertz CT molecular complexity index is 861. The van der Waals surface area contributed by atoms with E-state index in [4.69, 9.17) is 4.74 Å². The number of para-hydroxylation sites is 1. The fourth-order valence-corrected chi connectivity index (χ4v) is 2.70. The number of rotatable bonds is 5. The normalized spacial score (nSPS) is 11.9. The van der Waals surface area contributed by atoms with Gasteiger partial charge in [-0.3, -0.25) is 9.78 Å². The van der Waals surface area contributed by atoms with Gasteiger partial charge in [-0.05, 0) is 35.7 Å². The van der Waals surface area contributed by atoms with Crippen LogP contribution in [0.25, 0.3) is 10.9 Å². The van der Waals surface area contributed by atoms with Crippen molar-refractivity contribution in [1.29, 1.82) is 0 Å². The predicted octanol–water partition coefficient (Wildman–Crippen LogP) is 4.38. The number of anilines is 1. The first-order chi connectivity index (χ1) is 11.7. The molecule has 1 N–H and O–H groups in total. The first-order valence-corrected chi connectivity index (χ1v) is 7.94. The Kier molecular flexibility index (Phi) is 4.75.